The third kappa shape index (κ3) is 12.3. The van der Waals surface area contributed by atoms with Crippen LogP contribution in [0.4, 0.5) is 0 Å². The van der Waals surface area contributed by atoms with Gasteiger partial charge in [-0.15, -0.1) is 0 Å². The molecule has 1 fully saturated rings. The summed E-state index contributed by atoms with van der Waals surface area (Å²) in [4.78, 5) is 69.1. The molecule has 1 aliphatic heterocycles. The number of likely N-dealkylation sites (N-methyl/N-ethyl adjacent to an activating group) is 1. The summed E-state index contributed by atoms with van der Waals surface area (Å²) in [5.74, 6) is -2.72. The average Bonchev–Trinajstić information content (AvgIpc) is 3.45. The van der Waals surface area contributed by atoms with Crippen LogP contribution in [0.15, 0.2) is 0 Å². The number of hydrogen-bond acceptors (Lipinski definition) is 9. The van der Waals surface area contributed by atoms with E-state index >= 15 is 0 Å². The molecule has 0 spiro atoms. The number of nitrogens with zero attached hydrogens (tertiary/aromatic N) is 2. The molecule has 1 aliphatic rings. The van der Waals surface area contributed by atoms with Crippen LogP contribution < -0.4 is 16.4 Å². The lowest BCUT2D eigenvalue weighted by Gasteiger charge is -2.41. The summed E-state index contributed by atoms with van der Waals surface area (Å²) in [5, 5.41) is 5.45. The number of likely N-dealkylation sites (tertiary alicyclic amines) is 1. The minimum atomic E-state index is -1.16. The smallest absolute Gasteiger partial charge is 0.325 e. The van der Waals surface area contributed by atoms with Gasteiger partial charge in [0.05, 0.1) is 42.2 Å². The molecular formula is C34H63N5O8. The molecule has 1 heterocycles. The molecule has 7 atom stereocenters. The third-order valence-corrected chi connectivity index (χ3v) is 8.89. The third-order valence-electron chi connectivity index (χ3n) is 8.89. The normalized spacial score (nSPS) is 19.3. The number of hydrogen-bond donors (Lipinski definition) is 3. The molecule has 272 valence electrons. The quantitative estimate of drug-likeness (QED) is 0.197. The number of esters is 1. The summed E-state index contributed by atoms with van der Waals surface area (Å²) in [5.41, 5.74) is 4.16. The summed E-state index contributed by atoms with van der Waals surface area (Å²) in [6.07, 6.45) is 0.852. The predicted molar refractivity (Wildman–Crippen MR) is 180 cm³/mol. The maximum Gasteiger partial charge on any atom is 0.325 e. The molecule has 0 bridgehead atoms. The Morgan fingerprint density at radius 2 is 1.60 bits per heavy atom. The van der Waals surface area contributed by atoms with Gasteiger partial charge in [0.2, 0.25) is 23.6 Å². The molecular weight excluding hydrogens is 606 g/mol. The number of nitrogens with one attached hydrogen (secondary N) is 2. The van der Waals surface area contributed by atoms with Gasteiger partial charge in [0, 0.05) is 27.8 Å². The Morgan fingerprint density at radius 1 is 1.00 bits per heavy atom. The number of ether oxygens (including phenoxy) is 3. The second kappa shape index (κ2) is 18.1. The number of nitrogens with two attached hydrogens (primary N) is 1. The van der Waals surface area contributed by atoms with Crippen LogP contribution in [0.2, 0.25) is 0 Å². The number of amides is 4. The zero-order valence-electron chi connectivity index (χ0n) is 31.1. The lowest BCUT2D eigenvalue weighted by atomic mass is 9.89. The molecule has 1 rings (SSSR count). The van der Waals surface area contributed by atoms with E-state index in [1.54, 1.807) is 58.4 Å². The molecule has 47 heavy (non-hydrogen) atoms. The Labute approximate surface area is 282 Å². The molecule has 1 saturated heterocycles. The molecule has 0 saturated carbocycles. The van der Waals surface area contributed by atoms with Crippen molar-refractivity contribution in [3.8, 4) is 0 Å². The Hall–Kier alpha value is -2.77. The van der Waals surface area contributed by atoms with Gasteiger partial charge >= 0.3 is 5.97 Å². The fourth-order valence-electron chi connectivity index (χ4n) is 6.06. The van der Waals surface area contributed by atoms with Crippen molar-refractivity contribution in [1.82, 2.24) is 20.4 Å². The highest BCUT2D eigenvalue weighted by Crippen LogP contribution is 2.29. The van der Waals surface area contributed by atoms with E-state index in [9.17, 15) is 24.0 Å². The molecule has 4 amide bonds. The van der Waals surface area contributed by atoms with Crippen molar-refractivity contribution >= 4 is 29.6 Å². The summed E-state index contributed by atoms with van der Waals surface area (Å²) < 4.78 is 17.0. The minimum Gasteiger partial charge on any atom is -0.459 e. The van der Waals surface area contributed by atoms with Crippen molar-refractivity contribution in [1.29, 1.82) is 0 Å². The van der Waals surface area contributed by atoms with E-state index in [0.717, 1.165) is 12.8 Å². The Balaban J connectivity index is 3.17. The van der Waals surface area contributed by atoms with Crippen molar-refractivity contribution in [2.75, 3.05) is 34.4 Å². The molecule has 0 aromatic heterocycles. The number of rotatable bonds is 17. The zero-order chi connectivity index (χ0) is 36.4. The molecule has 7 unspecified atom stereocenters. The van der Waals surface area contributed by atoms with Gasteiger partial charge in [0.25, 0.3) is 0 Å². The van der Waals surface area contributed by atoms with Crippen molar-refractivity contribution in [3.05, 3.63) is 0 Å². The van der Waals surface area contributed by atoms with Crippen molar-refractivity contribution in [2.45, 2.75) is 136 Å². The Kier molecular flexibility index (Phi) is 16.3. The zero-order valence-corrected chi connectivity index (χ0v) is 31.1. The lowest BCUT2D eigenvalue weighted by Crippen LogP contribution is -2.60. The maximum absolute atomic E-state index is 13.9. The van der Waals surface area contributed by atoms with Gasteiger partial charge in [-0.2, -0.15) is 0 Å². The van der Waals surface area contributed by atoms with E-state index < -0.39 is 53.2 Å². The van der Waals surface area contributed by atoms with E-state index in [4.69, 9.17) is 19.9 Å². The molecule has 0 aromatic carbocycles. The molecule has 0 aliphatic carbocycles. The number of carbonyl (C=O) groups is 5. The van der Waals surface area contributed by atoms with Gasteiger partial charge in [-0.05, 0) is 59.3 Å². The number of carbonyl (C=O) groups excluding carboxylic acids is 5. The van der Waals surface area contributed by atoms with Crippen molar-refractivity contribution in [3.63, 3.8) is 0 Å². The standard InChI is InChI=1S/C34H63N5O8/c1-14-21(4)28(38(11)31(43)27(20(2)3)37-32(44)34(9,10)35)24(45-12)18-25(40)39-17-15-16-23(39)29(46-13)22(5)30(42)36-19-26(41)47-33(6,7)8/h20-24,27-29H,14-19,35H2,1-13H3,(H,36,42)(H,37,44). The minimum absolute atomic E-state index is 0.00379. The monoisotopic (exact) mass is 669 g/mol. The van der Waals surface area contributed by atoms with Gasteiger partial charge in [0.15, 0.2) is 0 Å². The molecule has 0 radical (unpaired) electrons. The van der Waals surface area contributed by atoms with E-state index in [2.05, 4.69) is 10.6 Å². The van der Waals surface area contributed by atoms with Crippen LogP contribution in [0.3, 0.4) is 0 Å². The van der Waals surface area contributed by atoms with Crippen LogP contribution >= 0.6 is 0 Å². The highest BCUT2D eigenvalue weighted by atomic mass is 16.6. The van der Waals surface area contributed by atoms with E-state index in [0.29, 0.717) is 13.0 Å². The van der Waals surface area contributed by atoms with Crippen molar-refractivity contribution < 1.29 is 38.2 Å². The SMILES string of the molecule is CCC(C)C(C(CC(=O)N1CCCC1C(OC)C(C)C(=O)NCC(=O)OC(C)(C)C)OC)N(C)C(=O)C(NC(=O)C(C)(C)N)C(C)C. The van der Waals surface area contributed by atoms with Crippen LogP contribution in [0.1, 0.15) is 94.9 Å². The van der Waals surface area contributed by atoms with Gasteiger partial charge in [-0.25, -0.2) is 0 Å². The summed E-state index contributed by atoms with van der Waals surface area (Å²) >= 11 is 0. The highest BCUT2D eigenvalue weighted by molar-refractivity contribution is 5.91. The number of methoxy groups -OCH3 is 2. The fraction of sp³-hybridized carbons (Fsp3) is 0.853. The maximum atomic E-state index is 13.9. The average molecular weight is 670 g/mol. The predicted octanol–water partition coefficient (Wildman–Crippen LogP) is 2.24. The summed E-state index contributed by atoms with van der Waals surface area (Å²) in [6, 6.07) is -1.65. The topological polar surface area (TPSA) is 170 Å². The fourth-order valence-corrected chi connectivity index (χ4v) is 6.06. The lowest BCUT2D eigenvalue weighted by molar-refractivity contribution is -0.155. The Morgan fingerprint density at radius 3 is 2.06 bits per heavy atom. The first-order chi connectivity index (χ1) is 21.6. The van der Waals surface area contributed by atoms with Crippen LogP contribution in [-0.2, 0) is 38.2 Å². The van der Waals surface area contributed by atoms with Gasteiger partial charge in [-0.1, -0.05) is 41.0 Å². The first-order valence-electron chi connectivity index (χ1n) is 16.8. The van der Waals surface area contributed by atoms with E-state index in [-0.39, 0.29) is 48.6 Å². The summed E-state index contributed by atoms with van der Waals surface area (Å²) in [7, 11) is 4.72. The van der Waals surface area contributed by atoms with Gasteiger partial charge in [0.1, 0.15) is 18.2 Å². The van der Waals surface area contributed by atoms with Gasteiger partial charge in [-0.3, -0.25) is 24.0 Å². The van der Waals surface area contributed by atoms with Gasteiger partial charge < -0.3 is 40.4 Å². The molecule has 13 heteroatoms. The summed E-state index contributed by atoms with van der Waals surface area (Å²) in [6.45, 7) is 18.1. The van der Waals surface area contributed by atoms with Crippen LogP contribution in [0, 0.1) is 17.8 Å². The first-order valence-corrected chi connectivity index (χ1v) is 16.8. The van der Waals surface area contributed by atoms with Crippen LogP contribution in [0.25, 0.3) is 0 Å². The van der Waals surface area contributed by atoms with E-state index in [1.807, 2.05) is 27.7 Å². The second-order valence-corrected chi connectivity index (χ2v) is 14.8. The molecule has 13 nitrogen and oxygen atoms in total. The Bertz CT molecular complexity index is 1070. The first kappa shape index (κ1) is 42.3. The van der Waals surface area contributed by atoms with Crippen molar-refractivity contribution in [2.24, 2.45) is 23.5 Å². The largest absolute Gasteiger partial charge is 0.459 e. The van der Waals surface area contributed by atoms with Crippen LogP contribution in [-0.4, -0.2) is 115 Å². The molecule has 4 N–H and O–H groups in total. The van der Waals surface area contributed by atoms with Crippen LogP contribution in [0.5, 0.6) is 0 Å². The second-order valence-electron chi connectivity index (χ2n) is 14.8. The molecule has 0 aromatic rings. The van der Waals surface area contributed by atoms with E-state index in [1.165, 1.54) is 14.2 Å². The highest BCUT2D eigenvalue weighted by Gasteiger charge is 2.43.